The third-order valence-electron chi connectivity index (χ3n) is 3.59. The van der Waals surface area contributed by atoms with E-state index in [0.717, 1.165) is 25.0 Å². The van der Waals surface area contributed by atoms with Crippen LogP contribution in [0.25, 0.3) is 0 Å². The van der Waals surface area contributed by atoms with E-state index < -0.39 is 5.97 Å². The number of hydrogen-bond donors (Lipinski definition) is 2. The molecule has 7 heteroatoms. The molecule has 0 aromatic heterocycles. The van der Waals surface area contributed by atoms with Gasteiger partial charge >= 0.3 is 12.0 Å². The van der Waals surface area contributed by atoms with E-state index in [1.54, 1.807) is 11.8 Å². The highest BCUT2D eigenvalue weighted by molar-refractivity contribution is 7.98. The highest BCUT2D eigenvalue weighted by Gasteiger charge is 2.24. The monoisotopic (exact) mass is 318 g/mol. The predicted octanol–water partition coefficient (Wildman–Crippen LogP) is 1.79. The van der Waals surface area contributed by atoms with Crippen LogP contribution in [0.15, 0.2) is 0 Å². The molecule has 1 unspecified atom stereocenters. The van der Waals surface area contributed by atoms with E-state index >= 15 is 0 Å². The Hall–Kier alpha value is -0.950. The summed E-state index contributed by atoms with van der Waals surface area (Å²) in [5.41, 5.74) is 0. The van der Waals surface area contributed by atoms with Gasteiger partial charge in [-0.15, -0.1) is 0 Å². The van der Waals surface area contributed by atoms with Crippen LogP contribution in [-0.2, 0) is 9.53 Å². The first-order valence-electron chi connectivity index (χ1n) is 7.44. The van der Waals surface area contributed by atoms with Gasteiger partial charge in [-0.1, -0.05) is 6.92 Å². The lowest BCUT2D eigenvalue weighted by Crippen LogP contribution is -2.49. The number of aliphatic carboxylic acids is 1. The number of hydrogen-bond acceptors (Lipinski definition) is 4. The van der Waals surface area contributed by atoms with Gasteiger partial charge in [0, 0.05) is 24.9 Å². The van der Waals surface area contributed by atoms with Crippen molar-refractivity contribution in [2.75, 3.05) is 31.7 Å². The van der Waals surface area contributed by atoms with Gasteiger partial charge in [0.15, 0.2) is 0 Å². The van der Waals surface area contributed by atoms with Crippen molar-refractivity contribution < 1.29 is 19.4 Å². The molecule has 1 rings (SSSR count). The molecule has 1 atom stereocenters. The maximum Gasteiger partial charge on any atom is 0.317 e. The van der Waals surface area contributed by atoms with Crippen molar-refractivity contribution in [1.82, 2.24) is 10.2 Å². The fourth-order valence-corrected chi connectivity index (χ4v) is 2.99. The van der Waals surface area contributed by atoms with Gasteiger partial charge in [0.2, 0.25) is 0 Å². The maximum atomic E-state index is 12.1. The standard InChI is InChI=1S/C14H26N2O4S/c1-3-11(10-21-2)15-14(19)16-7-4-12(5-8-16)20-9-6-13(17)18/h11-12H,3-10H2,1-2H3,(H,15,19)(H,17,18). The summed E-state index contributed by atoms with van der Waals surface area (Å²) < 4.78 is 5.52. The molecule has 1 saturated heterocycles. The zero-order valence-corrected chi connectivity index (χ0v) is 13.7. The average Bonchev–Trinajstić information content (AvgIpc) is 2.47. The van der Waals surface area contributed by atoms with Gasteiger partial charge < -0.3 is 20.1 Å². The molecule has 1 heterocycles. The molecule has 0 spiro atoms. The first-order valence-corrected chi connectivity index (χ1v) is 8.84. The molecule has 122 valence electrons. The van der Waals surface area contributed by atoms with E-state index in [4.69, 9.17) is 9.84 Å². The smallest absolute Gasteiger partial charge is 0.317 e. The third-order valence-corrected chi connectivity index (χ3v) is 4.32. The Morgan fingerprint density at radius 3 is 2.62 bits per heavy atom. The van der Waals surface area contributed by atoms with Crippen molar-refractivity contribution in [2.24, 2.45) is 0 Å². The number of likely N-dealkylation sites (tertiary alicyclic amines) is 1. The molecule has 0 radical (unpaired) electrons. The number of ether oxygens (including phenoxy) is 1. The topological polar surface area (TPSA) is 78.9 Å². The Balaban J connectivity index is 2.25. The molecule has 2 amide bonds. The number of nitrogens with zero attached hydrogens (tertiary/aromatic N) is 1. The second-order valence-electron chi connectivity index (χ2n) is 5.21. The van der Waals surface area contributed by atoms with Crippen LogP contribution in [0.2, 0.25) is 0 Å². The summed E-state index contributed by atoms with van der Waals surface area (Å²) in [6.07, 6.45) is 4.61. The minimum Gasteiger partial charge on any atom is -0.481 e. The summed E-state index contributed by atoms with van der Waals surface area (Å²) in [5.74, 6) is 0.0861. The number of carboxylic acids is 1. The predicted molar refractivity (Wildman–Crippen MR) is 83.8 cm³/mol. The minimum absolute atomic E-state index is 0.000106. The summed E-state index contributed by atoms with van der Waals surface area (Å²) in [5, 5.41) is 11.6. The number of carbonyl (C=O) groups excluding carboxylic acids is 1. The molecular formula is C14H26N2O4S. The fourth-order valence-electron chi connectivity index (χ4n) is 2.27. The summed E-state index contributed by atoms with van der Waals surface area (Å²) in [7, 11) is 0. The van der Waals surface area contributed by atoms with Crippen LogP contribution in [0.5, 0.6) is 0 Å². The number of amides is 2. The highest BCUT2D eigenvalue weighted by atomic mass is 32.2. The van der Waals surface area contributed by atoms with Crippen molar-refractivity contribution >= 4 is 23.8 Å². The number of piperidine rings is 1. The van der Waals surface area contributed by atoms with Crippen molar-refractivity contribution in [3.05, 3.63) is 0 Å². The molecule has 6 nitrogen and oxygen atoms in total. The minimum atomic E-state index is -0.841. The molecule has 0 saturated carbocycles. The number of nitrogens with one attached hydrogen (secondary N) is 1. The zero-order valence-electron chi connectivity index (χ0n) is 12.8. The Kier molecular flexibility index (Phi) is 8.52. The summed E-state index contributed by atoms with van der Waals surface area (Å²) in [4.78, 5) is 24.4. The van der Waals surface area contributed by atoms with Crippen molar-refractivity contribution in [3.63, 3.8) is 0 Å². The van der Waals surface area contributed by atoms with Gasteiger partial charge in [0.1, 0.15) is 0 Å². The second kappa shape index (κ2) is 9.89. The first-order chi connectivity index (χ1) is 10.1. The first kappa shape index (κ1) is 18.1. The molecule has 0 aromatic rings. The van der Waals surface area contributed by atoms with Gasteiger partial charge in [-0.3, -0.25) is 4.79 Å². The SMILES string of the molecule is CCC(CSC)NC(=O)N1CCC(OCCC(=O)O)CC1. The highest BCUT2D eigenvalue weighted by Crippen LogP contribution is 2.14. The lowest BCUT2D eigenvalue weighted by atomic mass is 10.1. The summed E-state index contributed by atoms with van der Waals surface area (Å²) in [6.45, 7) is 3.65. The van der Waals surface area contributed by atoms with E-state index in [2.05, 4.69) is 12.2 Å². The van der Waals surface area contributed by atoms with Crippen LogP contribution in [0.1, 0.15) is 32.6 Å². The van der Waals surface area contributed by atoms with Crippen LogP contribution in [0, 0.1) is 0 Å². The zero-order chi connectivity index (χ0) is 15.7. The largest absolute Gasteiger partial charge is 0.481 e. The van der Waals surface area contributed by atoms with E-state index in [1.165, 1.54) is 0 Å². The Morgan fingerprint density at radius 1 is 1.43 bits per heavy atom. The normalized spacial score (nSPS) is 17.5. The summed E-state index contributed by atoms with van der Waals surface area (Å²) in [6, 6.07) is 0.219. The van der Waals surface area contributed by atoms with Crippen LogP contribution < -0.4 is 5.32 Å². The van der Waals surface area contributed by atoms with Gasteiger partial charge in [0.05, 0.1) is 19.1 Å². The molecule has 1 fully saturated rings. The molecule has 0 aliphatic carbocycles. The lowest BCUT2D eigenvalue weighted by molar-refractivity contribution is -0.138. The number of urea groups is 1. The Bertz CT molecular complexity index is 333. The molecule has 1 aliphatic rings. The van der Waals surface area contributed by atoms with Gasteiger partial charge in [-0.2, -0.15) is 11.8 Å². The number of carbonyl (C=O) groups is 2. The van der Waals surface area contributed by atoms with Crippen molar-refractivity contribution in [3.8, 4) is 0 Å². The Morgan fingerprint density at radius 2 is 2.10 bits per heavy atom. The number of rotatable bonds is 8. The van der Waals surface area contributed by atoms with E-state index in [-0.39, 0.29) is 31.2 Å². The quantitative estimate of drug-likeness (QED) is 0.713. The van der Waals surface area contributed by atoms with Crippen LogP contribution >= 0.6 is 11.8 Å². The average molecular weight is 318 g/mol. The molecule has 1 aliphatic heterocycles. The van der Waals surface area contributed by atoms with E-state index in [0.29, 0.717) is 13.1 Å². The maximum absolute atomic E-state index is 12.1. The lowest BCUT2D eigenvalue weighted by Gasteiger charge is -2.33. The van der Waals surface area contributed by atoms with Crippen LogP contribution in [0.4, 0.5) is 4.79 Å². The van der Waals surface area contributed by atoms with Crippen LogP contribution in [-0.4, -0.2) is 65.9 Å². The molecule has 21 heavy (non-hydrogen) atoms. The van der Waals surface area contributed by atoms with E-state index in [9.17, 15) is 9.59 Å². The van der Waals surface area contributed by atoms with Gasteiger partial charge in [0.25, 0.3) is 0 Å². The third kappa shape index (κ3) is 7.04. The number of carboxylic acid groups (broad SMARTS) is 1. The van der Waals surface area contributed by atoms with Gasteiger partial charge in [-0.25, -0.2) is 4.79 Å². The summed E-state index contributed by atoms with van der Waals surface area (Å²) >= 11 is 1.73. The van der Waals surface area contributed by atoms with Gasteiger partial charge in [-0.05, 0) is 25.5 Å². The van der Waals surface area contributed by atoms with Crippen molar-refractivity contribution in [2.45, 2.75) is 44.8 Å². The fraction of sp³-hybridized carbons (Fsp3) is 0.857. The van der Waals surface area contributed by atoms with Crippen molar-refractivity contribution in [1.29, 1.82) is 0 Å². The van der Waals surface area contributed by atoms with Crippen LogP contribution in [0.3, 0.4) is 0 Å². The molecule has 0 bridgehead atoms. The molecule has 0 aromatic carbocycles. The number of thioether (sulfide) groups is 1. The molecule has 2 N–H and O–H groups in total. The molecular weight excluding hydrogens is 292 g/mol. The Labute approximate surface area is 130 Å². The second-order valence-corrected chi connectivity index (χ2v) is 6.12. The van der Waals surface area contributed by atoms with E-state index in [1.807, 2.05) is 11.2 Å².